The van der Waals surface area contributed by atoms with Gasteiger partial charge in [-0.2, -0.15) is 0 Å². The molecule has 1 saturated heterocycles. The monoisotopic (exact) mass is 640 g/mol. The molecule has 3 heterocycles. The van der Waals surface area contributed by atoms with Crippen LogP contribution in [0.3, 0.4) is 0 Å². The lowest BCUT2D eigenvalue weighted by atomic mass is 10.0. The van der Waals surface area contributed by atoms with Crippen LogP contribution in [0.15, 0.2) is 89.9 Å². The topological polar surface area (TPSA) is 93.2 Å². The Balaban J connectivity index is 1.47. The van der Waals surface area contributed by atoms with Gasteiger partial charge in [0.05, 0.1) is 10.6 Å². The van der Waals surface area contributed by atoms with E-state index in [2.05, 4.69) is 15.9 Å². The number of carbonyl (C=O) groups excluding carboxylic acids is 4. The highest BCUT2D eigenvalue weighted by molar-refractivity contribution is 9.09. The maximum absolute atomic E-state index is 13.9. The molecule has 0 aliphatic carbocycles. The van der Waals surface area contributed by atoms with Crippen molar-refractivity contribution in [3.63, 3.8) is 0 Å². The number of esters is 2. The molecule has 3 atom stereocenters. The third-order valence-electron chi connectivity index (χ3n) is 6.45. The van der Waals surface area contributed by atoms with Gasteiger partial charge in [-0.25, -0.2) is 4.79 Å². The van der Waals surface area contributed by atoms with Crippen molar-refractivity contribution in [2.75, 3.05) is 16.8 Å². The number of amides is 2. The Morgan fingerprint density at radius 1 is 1.00 bits per heavy atom. The third-order valence-corrected chi connectivity index (χ3v) is 9.12. The maximum Gasteiger partial charge on any atom is 0.337 e. The first-order chi connectivity index (χ1) is 19.4. The normalized spacial score (nSPS) is 19.8. The van der Waals surface area contributed by atoms with Crippen LogP contribution in [-0.4, -0.2) is 57.3 Å². The van der Waals surface area contributed by atoms with Gasteiger partial charge in [0.25, 0.3) is 5.91 Å². The van der Waals surface area contributed by atoms with E-state index in [4.69, 9.17) is 9.47 Å². The lowest BCUT2D eigenvalue weighted by Crippen LogP contribution is -2.70. The van der Waals surface area contributed by atoms with Gasteiger partial charge in [-0.3, -0.25) is 19.3 Å². The van der Waals surface area contributed by atoms with Gasteiger partial charge in [0.2, 0.25) is 5.91 Å². The Kier molecular flexibility index (Phi) is 8.72. The average Bonchev–Trinajstić information content (AvgIpc) is 3.51. The highest BCUT2D eigenvalue weighted by Crippen LogP contribution is 2.45. The number of thioether (sulfide) groups is 1. The molecule has 2 aliphatic heterocycles. The zero-order chi connectivity index (χ0) is 28.2. The largest absolute Gasteiger partial charge is 0.461 e. The molecule has 8 nitrogen and oxygen atoms in total. The van der Waals surface area contributed by atoms with Gasteiger partial charge in [-0.15, -0.1) is 23.1 Å². The summed E-state index contributed by atoms with van der Waals surface area (Å²) in [5, 5.41) is 1.21. The summed E-state index contributed by atoms with van der Waals surface area (Å²) < 4.78 is 11.4. The van der Waals surface area contributed by atoms with Gasteiger partial charge >= 0.3 is 11.9 Å². The summed E-state index contributed by atoms with van der Waals surface area (Å²) >= 11 is 5.68. The number of hydrogen-bond donors (Lipinski definition) is 0. The van der Waals surface area contributed by atoms with E-state index in [0.717, 1.165) is 22.9 Å². The fourth-order valence-electron chi connectivity index (χ4n) is 4.63. The van der Waals surface area contributed by atoms with Gasteiger partial charge in [0.15, 0.2) is 6.10 Å². The number of β-lactam (4-membered cyclic amide) rings is 1. The van der Waals surface area contributed by atoms with Gasteiger partial charge in [-0.1, -0.05) is 76.6 Å². The average molecular weight is 642 g/mol. The first-order valence-corrected chi connectivity index (χ1v) is 15.4. The molecule has 2 amide bonds. The van der Waals surface area contributed by atoms with Crippen LogP contribution in [0, 0.1) is 0 Å². The summed E-state index contributed by atoms with van der Waals surface area (Å²) in [4.78, 5) is 55.6. The molecule has 5 rings (SSSR count). The summed E-state index contributed by atoms with van der Waals surface area (Å²) in [5.41, 5.74) is 1.56. The van der Waals surface area contributed by atoms with E-state index in [1.165, 1.54) is 34.3 Å². The highest BCUT2D eigenvalue weighted by atomic mass is 79.9. The minimum atomic E-state index is -1.08. The number of ether oxygens (including phenoxy) is 2. The second kappa shape index (κ2) is 12.4. The van der Waals surface area contributed by atoms with Crippen molar-refractivity contribution in [1.29, 1.82) is 0 Å². The molecule has 2 aliphatic rings. The van der Waals surface area contributed by atoms with Crippen LogP contribution in [0.4, 0.5) is 5.00 Å². The minimum absolute atomic E-state index is 0.0179. The van der Waals surface area contributed by atoms with Crippen molar-refractivity contribution < 1.29 is 28.7 Å². The van der Waals surface area contributed by atoms with E-state index >= 15 is 0 Å². The Morgan fingerprint density at radius 3 is 2.20 bits per heavy atom. The van der Waals surface area contributed by atoms with Crippen molar-refractivity contribution in [3.8, 4) is 0 Å². The van der Waals surface area contributed by atoms with Crippen molar-refractivity contribution in [2.24, 2.45) is 0 Å². The number of alkyl halides is 1. The first kappa shape index (κ1) is 28.1. The van der Waals surface area contributed by atoms with E-state index in [9.17, 15) is 19.2 Å². The molecule has 1 aromatic heterocycles. The van der Waals surface area contributed by atoms with E-state index < -0.39 is 34.7 Å². The maximum atomic E-state index is 13.9. The smallest absolute Gasteiger partial charge is 0.337 e. The summed E-state index contributed by atoms with van der Waals surface area (Å²) in [6.07, 6.45) is 0.655. The van der Waals surface area contributed by atoms with Crippen molar-refractivity contribution in [1.82, 2.24) is 4.90 Å². The standard InChI is InChI=1S/C29H25BrN2O6S2/c1-18(33)32(22-13-8-16-39-22)23-26(34)31-17-21(28(35)37-15-14-30)25(40-27(23)31)29(36)38-24(19-9-4-2-5-10-19)20-11-6-3-7-12-20/h2-13,16-17,23-25,27H,14-15H2,1H3/t23?,25?,27-/m1/s1. The summed E-state index contributed by atoms with van der Waals surface area (Å²) in [5.74, 6) is -1.99. The van der Waals surface area contributed by atoms with Crippen molar-refractivity contribution >= 4 is 67.8 Å². The number of halogens is 1. The summed E-state index contributed by atoms with van der Waals surface area (Å²) in [6, 6.07) is 21.4. The Labute approximate surface area is 248 Å². The first-order valence-electron chi connectivity index (χ1n) is 12.5. The van der Waals surface area contributed by atoms with Crippen molar-refractivity contribution in [2.45, 2.75) is 29.7 Å². The van der Waals surface area contributed by atoms with Crippen LogP contribution in [0.25, 0.3) is 0 Å². The van der Waals surface area contributed by atoms with Crippen LogP contribution in [0.2, 0.25) is 0 Å². The predicted molar refractivity (Wildman–Crippen MR) is 157 cm³/mol. The fourth-order valence-corrected chi connectivity index (χ4v) is 7.03. The van der Waals surface area contributed by atoms with Crippen LogP contribution < -0.4 is 4.90 Å². The summed E-state index contributed by atoms with van der Waals surface area (Å²) in [7, 11) is 0. The van der Waals surface area contributed by atoms with Crippen LogP contribution in [-0.2, 0) is 28.7 Å². The predicted octanol–water partition coefficient (Wildman–Crippen LogP) is 4.91. The molecule has 206 valence electrons. The second-order valence-corrected chi connectivity index (χ2v) is 11.9. The Hall–Kier alpha value is -3.41. The number of fused-ring (bicyclic) bond motifs is 1. The number of thiophene rings is 1. The second-order valence-electron chi connectivity index (χ2n) is 8.98. The summed E-state index contributed by atoms with van der Waals surface area (Å²) in [6.45, 7) is 1.49. The van der Waals surface area contributed by atoms with Gasteiger partial charge in [0, 0.05) is 18.5 Å². The number of carbonyl (C=O) groups is 4. The van der Waals surface area contributed by atoms with Gasteiger partial charge in [-0.05, 0) is 28.6 Å². The molecule has 2 aromatic carbocycles. The van der Waals surface area contributed by atoms with E-state index in [1.54, 1.807) is 12.1 Å². The van der Waals surface area contributed by atoms with Crippen molar-refractivity contribution in [3.05, 3.63) is 101 Å². The number of hydrogen-bond acceptors (Lipinski definition) is 8. The van der Waals surface area contributed by atoms with Crippen LogP contribution >= 0.6 is 39.0 Å². The lowest BCUT2D eigenvalue weighted by molar-refractivity contribution is -0.149. The molecule has 0 saturated carbocycles. The molecule has 0 bridgehead atoms. The molecular formula is C29H25BrN2O6S2. The fraction of sp³-hybridized carbons (Fsp3) is 0.241. The molecule has 0 N–H and O–H groups in total. The quantitative estimate of drug-likeness (QED) is 0.186. The Bertz CT molecular complexity index is 1380. The van der Waals surface area contributed by atoms with E-state index in [1.807, 2.05) is 66.0 Å². The molecule has 3 aromatic rings. The SMILES string of the molecule is CC(=O)N(c1cccs1)C1C(=O)N2C=C(C(=O)OCCBr)C(C(=O)OC(c3ccccc3)c3ccccc3)S[C@H]12. The third kappa shape index (κ3) is 5.59. The van der Waals surface area contributed by atoms with E-state index in [0.29, 0.717) is 10.3 Å². The molecule has 2 unspecified atom stereocenters. The minimum Gasteiger partial charge on any atom is -0.461 e. The molecule has 40 heavy (non-hydrogen) atoms. The van der Waals surface area contributed by atoms with Crippen LogP contribution in [0.5, 0.6) is 0 Å². The van der Waals surface area contributed by atoms with Gasteiger partial charge < -0.3 is 14.4 Å². The highest BCUT2D eigenvalue weighted by Gasteiger charge is 2.57. The number of anilines is 1. The number of rotatable bonds is 9. The molecule has 0 spiro atoms. The number of nitrogens with zero attached hydrogens (tertiary/aromatic N) is 2. The molecular weight excluding hydrogens is 616 g/mol. The molecule has 11 heteroatoms. The zero-order valence-corrected chi connectivity index (χ0v) is 24.6. The lowest BCUT2D eigenvalue weighted by Gasteiger charge is -2.51. The van der Waals surface area contributed by atoms with Crippen LogP contribution in [0.1, 0.15) is 24.2 Å². The number of benzene rings is 2. The zero-order valence-electron chi connectivity index (χ0n) is 21.3. The van der Waals surface area contributed by atoms with E-state index in [-0.39, 0.29) is 24.0 Å². The Morgan fingerprint density at radius 2 is 1.65 bits per heavy atom. The van der Waals surface area contributed by atoms with Gasteiger partial charge in [0.1, 0.15) is 23.3 Å². The molecule has 1 fully saturated rings. The molecule has 0 radical (unpaired) electrons.